The summed E-state index contributed by atoms with van der Waals surface area (Å²) in [6.45, 7) is 2.08. The first-order chi connectivity index (χ1) is 8.84. The lowest BCUT2D eigenvalue weighted by Crippen LogP contribution is -2.20. The second-order valence-corrected chi connectivity index (χ2v) is 4.77. The second-order valence-electron chi connectivity index (χ2n) is 4.33. The number of hydrogen-bond acceptors (Lipinski definition) is 4. The minimum absolute atomic E-state index is 0.721. The summed E-state index contributed by atoms with van der Waals surface area (Å²) in [5.41, 5.74) is 1.83. The third-order valence-electron chi connectivity index (χ3n) is 3.12. The third-order valence-corrected chi connectivity index (χ3v) is 3.38. The maximum atomic E-state index is 5.90. The van der Waals surface area contributed by atoms with Crippen LogP contribution < -0.4 is 4.90 Å². The minimum atomic E-state index is 0.721. The highest BCUT2D eigenvalue weighted by molar-refractivity contribution is 6.30. The summed E-state index contributed by atoms with van der Waals surface area (Å²) in [6.07, 6.45) is 3.93. The van der Waals surface area contributed by atoms with E-state index < -0.39 is 0 Å². The fourth-order valence-electron chi connectivity index (χ4n) is 2.22. The van der Waals surface area contributed by atoms with Crippen molar-refractivity contribution < 1.29 is 0 Å². The number of hydrogen-bond donors (Lipinski definition) is 0. The molecule has 0 bridgehead atoms. The van der Waals surface area contributed by atoms with Crippen molar-refractivity contribution in [3.8, 4) is 11.3 Å². The van der Waals surface area contributed by atoms with Gasteiger partial charge in [0.25, 0.3) is 0 Å². The Hall–Kier alpha value is -1.68. The van der Waals surface area contributed by atoms with E-state index in [9.17, 15) is 0 Å². The normalized spacial score (nSPS) is 15.1. The first kappa shape index (κ1) is 11.4. The SMILES string of the molecule is Clc1ccc(-c2nncnc2N2CCCC2)cc1. The van der Waals surface area contributed by atoms with Crippen molar-refractivity contribution in [2.75, 3.05) is 18.0 Å². The smallest absolute Gasteiger partial charge is 0.158 e. The van der Waals surface area contributed by atoms with Crippen molar-refractivity contribution in [1.29, 1.82) is 0 Å². The number of halogens is 1. The van der Waals surface area contributed by atoms with Gasteiger partial charge in [-0.15, -0.1) is 10.2 Å². The molecule has 4 nitrogen and oxygen atoms in total. The van der Waals surface area contributed by atoms with Crippen molar-refractivity contribution in [2.24, 2.45) is 0 Å². The molecule has 0 spiro atoms. The van der Waals surface area contributed by atoms with Crippen LogP contribution in [-0.4, -0.2) is 28.3 Å². The molecular weight excluding hydrogens is 248 g/mol. The van der Waals surface area contributed by atoms with E-state index in [1.807, 2.05) is 24.3 Å². The zero-order chi connectivity index (χ0) is 12.4. The summed E-state index contributed by atoms with van der Waals surface area (Å²) < 4.78 is 0. The number of aromatic nitrogens is 3. The van der Waals surface area contributed by atoms with E-state index >= 15 is 0 Å². The largest absolute Gasteiger partial charge is 0.355 e. The molecule has 1 saturated heterocycles. The molecule has 1 fully saturated rings. The van der Waals surface area contributed by atoms with E-state index in [1.54, 1.807) is 0 Å². The van der Waals surface area contributed by atoms with Crippen LogP contribution in [0.1, 0.15) is 12.8 Å². The standard InChI is InChI=1S/C13H13ClN4/c14-11-5-3-10(4-6-11)12-13(15-9-16-17-12)18-7-1-2-8-18/h3-6,9H,1-2,7-8H2. The molecular formula is C13H13ClN4. The van der Waals surface area contributed by atoms with Gasteiger partial charge in [0.05, 0.1) is 0 Å². The van der Waals surface area contributed by atoms with Crippen molar-refractivity contribution in [3.05, 3.63) is 35.6 Å². The second kappa shape index (κ2) is 4.90. The highest BCUT2D eigenvalue weighted by atomic mass is 35.5. The lowest BCUT2D eigenvalue weighted by atomic mass is 10.1. The van der Waals surface area contributed by atoms with E-state index in [0.717, 1.165) is 35.2 Å². The van der Waals surface area contributed by atoms with E-state index in [-0.39, 0.29) is 0 Å². The summed E-state index contributed by atoms with van der Waals surface area (Å²) in [6, 6.07) is 7.62. The molecule has 3 rings (SSSR count). The van der Waals surface area contributed by atoms with Gasteiger partial charge in [-0.3, -0.25) is 0 Å². The Balaban J connectivity index is 2.03. The van der Waals surface area contributed by atoms with E-state index in [4.69, 9.17) is 11.6 Å². The molecule has 1 aromatic heterocycles. The molecule has 92 valence electrons. The van der Waals surface area contributed by atoms with Crippen molar-refractivity contribution in [2.45, 2.75) is 12.8 Å². The minimum Gasteiger partial charge on any atom is -0.355 e. The fourth-order valence-corrected chi connectivity index (χ4v) is 2.35. The van der Waals surface area contributed by atoms with Crippen molar-refractivity contribution in [3.63, 3.8) is 0 Å². The Labute approximate surface area is 111 Å². The predicted molar refractivity (Wildman–Crippen MR) is 71.7 cm³/mol. The first-order valence-corrected chi connectivity index (χ1v) is 6.41. The quantitative estimate of drug-likeness (QED) is 0.833. The molecule has 5 heteroatoms. The Morgan fingerprint density at radius 2 is 1.78 bits per heavy atom. The van der Waals surface area contributed by atoms with Gasteiger partial charge in [0.2, 0.25) is 0 Å². The summed E-state index contributed by atoms with van der Waals surface area (Å²) in [5.74, 6) is 0.921. The van der Waals surface area contributed by atoms with Crippen molar-refractivity contribution in [1.82, 2.24) is 15.2 Å². The van der Waals surface area contributed by atoms with E-state index in [1.165, 1.54) is 19.2 Å². The lowest BCUT2D eigenvalue weighted by Gasteiger charge is -2.18. The van der Waals surface area contributed by atoms with Crippen LogP contribution >= 0.6 is 11.6 Å². The van der Waals surface area contributed by atoms with Gasteiger partial charge >= 0.3 is 0 Å². The zero-order valence-corrected chi connectivity index (χ0v) is 10.6. The van der Waals surface area contributed by atoms with E-state index in [0.29, 0.717) is 0 Å². The van der Waals surface area contributed by atoms with Gasteiger partial charge in [-0.05, 0) is 25.0 Å². The molecule has 2 heterocycles. The maximum Gasteiger partial charge on any atom is 0.158 e. The number of benzene rings is 1. The third kappa shape index (κ3) is 2.16. The molecule has 0 amide bonds. The maximum absolute atomic E-state index is 5.90. The summed E-state index contributed by atoms with van der Waals surface area (Å²) in [4.78, 5) is 6.64. The van der Waals surface area contributed by atoms with Gasteiger partial charge in [-0.2, -0.15) is 0 Å². The van der Waals surface area contributed by atoms with Crippen LogP contribution in [0.4, 0.5) is 5.82 Å². The average molecular weight is 261 g/mol. The van der Waals surface area contributed by atoms with Crippen LogP contribution in [0.15, 0.2) is 30.6 Å². The lowest BCUT2D eigenvalue weighted by molar-refractivity contribution is 0.890. The van der Waals surface area contributed by atoms with Crippen LogP contribution in [0.25, 0.3) is 11.3 Å². The Morgan fingerprint density at radius 1 is 1.06 bits per heavy atom. The zero-order valence-electron chi connectivity index (χ0n) is 9.88. The summed E-state index contributed by atoms with van der Waals surface area (Å²) >= 11 is 5.90. The van der Waals surface area contributed by atoms with Crippen LogP contribution in [-0.2, 0) is 0 Å². The van der Waals surface area contributed by atoms with Gasteiger partial charge in [0.15, 0.2) is 5.82 Å². The highest BCUT2D eigenvalue weighted by Gasteiger charge is 2.19. The van der Waals surface area contributed by atoms with Gasteiger partial charge in [-0.1, -0.05) is 23.7 Å². The molecule has 2 aromatic rings. The number of rotatable bonds is 2. The van der Waals surface area contributed by atoms with Crippen LogP contribution in [0.5, 0.6) is 0 Å². The van der Waals surface area contributed by atoms with E-state index in [2.05, 4.69) is 20.1 Å². The Morgan fingerprint density at radius 3 is 2.50 bits per heavy atom. The van der Waals surface area contributed by atoms with Crippen LogP contribution in [0.3, 0.4) is 0 Å². The molecule has 1 aliphatic heterocycles. The molecule has 0 aliphatic carbocycles. The van der Waals surface area contributed by atoms with Gasteiger partial charge in [-0.25, -0.2) is 4.98 Å². The van der Waals surface area contributed by atoms with Gasteiger partial charge in [0, 0.05) is 23.7 Å². The fraction of sp³-hybridized carbons (Fsp3) is 0.308. The van der Waals surface area contributed by atoms with Crippen molar-refractivity contribution >= 4 is 17.4 Å². The molecule has 0 atom stereocenters. The highest BCUT2D eigenvalue weighted by Crippen LogP contribution is 2.28. The van der Waals surface area contributed by atoms with Crippen LogP contribution in [0.2, 0.25) is 5.02 Å². The first-order valence-electron chi connectivity index (χ1n) is 6.03. The summed E-state index contributed by atoms with van der Waals surface area (Å²) in [7, 11) is 0. The molecule has 0 saturated carbocycles. The van der Waals surface area contributed by atoms with Crippen LogP contribution in [0, 0.1) is 0 Å². The molecule has 0 N–H and O–H groups in total. The molecule has 1 aromatic carbocycles. The number of nitrogens with zero attached hydrogens (tertiary/aromatic N) is 4. The summed E-state index contributed by atoms with van der Waals surface area (Å²) in [5, 5.41) is 8.84. The topological polar surface area (TPSA) is 41.9 Å². The average Bonchev–Trinajstić information content (AvgIpc) is 2.93. The molecule has 0 unspecified atom stereocenters. The Bertz CT molecular complexity index is 535. The molecule has 1 aliphatic rings. The monoisotopic (exact) mass is 260 g/mol. The molecule has 18 heavy (non-hydrogen) atoms. The predicted octanol–water partition coefficient (Wildman–Crippen LogP) is 2.79. The molecule has 0 radical (unpaired) electrons. The van der Waals surface area contributed by atoms with Gasteiger partial charge in [0.1, 0.15) is 12.0 Å². The Kier molecular flexibility index (Phi) is 3.11. The van der Waals surface area contributed by atoms with Gasteiger partial charge < -0.3 is 4.90 Å². The number of anilines is 1.